The first kappa shape index (κ1) is 13.3. The Balaban J connectivity index is 2.19. The summed E-state index contributed by atoms with van der Waals surface area (Å²) in [6.45, 7) is 7.85. The largest absolute Gasteiger partial charge is 0.494 e. The summed E-state index contributed by atoms with van der Waals surface area (Å²) in [5.41, 5.74) is -0.108. The van der Waals surface area contributed by atoms with Crippen molar-refractivity contribution in [2.45, 2.75) is 51.4 Å². The molecule has 1 heterocycles. The molecule has 0 aromatic heterocycles. The van der Waals surface area contributed by atoms with Gasteiger partial charge in [-0.1, -0.05) is 12.2 Å². The summed E-state index contributed by atoms with van der Waals surface area (Å²) in [5.74, 6) is 0. The molecule has 1 saturated heterocycles. The van der Waals surface area contributed by atoms with Crippen LogP contribution in [-0.4, -0.2) is 29.3 Å². The minimum absolute atomic E-state index is 0.283. The molecule has 0 N–H and O–H groups in total. The van der Waals surface area contributed by atoms with Crippen LogP contribution in [0.1, 0.15) is 34.1 Å². The SMILES string of the molecule is CC1(C)OB(C2=CC([N+](=O)[O-])CC=C2)OC1(C)C. The molecule has 0 bridgehead atoms. The van der Waals surface area contributed by atoms with Crippen LogP contribution in [0.25, 0.3) is 0 Å². The zero-order valence-corrected chi connectivity index (χ0v) is 11.2. The Kier molecular flexibility index (Phi) is 3.11. The van der Waals surface area contributed by atoms with E-state index in [4.69, 9.17) is 9.31 Å². The highest BCUT2D eigenvalue weighted by atomic mass is 16.7. The molecule has 18 heavy (non-hydrogen) atoms. The summed E-state index contributed by atoms with van der Waals surface area (Å²) in [6.07, 6.45) is 5.70. The predicted octanol–water partition coefficient (Wildman–Crippen LogP) is 2.15. The molecule has 0 aromatic carbocycles. The average Bonchev–Trinajstić information content (AvgIpc) is 2.48. The van der Waals surface area contributed by atoms with E-state index in [2.05, 4.69) is 0 Å². The third-order valence-corrected chi connectivity index (χ3v) is 3.87. The molecule has 0 radical (unpaired) electrons. The fourth-order valence-electron chi connectivity index (χ4n) is 1.97. The molecule has 2 aliphatic rings. The van der Waals surface area contributed by atoms with E-state index < -0.39 is 24.4 Å². The van der Waals surface area contributed by atoms with Gasteiger partial charge >= 0.3 is 7.12 Å². The van der Waals surface area contributed by atoms with Crippen molar-refractivity contribution in [1.29, 1.82) is 0 Å². The molecule has 5 nitrogen and oxygen atoms in total. The van der Waals surface area contributed by atoms with Gasteiger partial charge in [-0.2, -0.15) is 0 Å². The van der Waals surface area contributed by atoms with Crippen molar-refractivity contribution in [3.8, 4) is 0 Å². The van der Waals surface area contributed by atoms with Gasteiger partial charge in [0, 0.05) is 11.3 Å². The minimum atomic E-state index is -0.677. The fraction of sp³-hybridized carbons (Fsp3) is 0.667. The lowest BCUT2D eigenvalue weighted by Gasteiger charge is -2.32. The molecule has 1 aliphatic heterocycles. The molecule has 2 rings (SSSR count). The van der Waals surface area contributed by atoms with Crippen molar-refractivity contribution >= 4 is 7.12 Å². The normalized spacial score (nSPS) is 29.2. The summed E-state index contributed by atoms with van der Waals surface area (Å²) in [6, 6.07) is -0.677. The summed E-state index contributed by atoms with van der Waals surface area (Å²) in [7, 11) is -0.519. The molecular formula is C12H18BNO4. The van der Waals surface area contributed by atoms with E-state index in [1.165, 1.54) is 0 Å². The topological polar surface area (TPSA) is 61.6 Å². The molecule has 1 aliphatic carbocycles. The first-order chi connectivity index (χ1) is 8.23. The van der Waals surface area contributed by atoms with E-state index in [-0.39, 0.29) is 4.92 Å². The van der Waals surface area contributed by atoms with Gasteiger partial charge in [0.2, 0.25) is 6.04 Å². The highest BCUT2D eigenvalue weighted by Gasteiger charge is 2.52. The Morgan fingerprint density at radius 1 is 1.33 bits per heavy atom. The van der Waals surface area contributed by atoms with Crippen LogP contribution in [0.2, 0.25) is 0 Å². The minimum Gasteiger partial charge on any atom is -0.399 e. The van der Waals surface area contributed by atoms with Crippen LogP contribution in [0.15, 0.2) is 23.7 Å². The highest BCUT2D eigenvalue weighted by molar-refractivity contribution is 6.55. The zero-order chi connectivity index (χ0) is 13.6. The lowest BCUT2D eigenvalue weighted by molar-refractivity contribution is -0.508. The van der Waals surface area contributed by atoms with E-state index >= 15 is 0 Å². The molecule has 0 amide bonds. The van der Waals surface area contributed by atoms with Gasteiger partial charge in [-0.05, 0) is 39.2 Å². The van der Waals surface area contributed by atoms with Crippen molar-refractivity contribution < 1.29 is 14.2 Å². The molecule has 0 aromatic rings. The van der Waals surface area contributed by atoms with E-state index in [0.717, 1.165) is 5.47 Å². The Labute approximate surface area is 107 Å². The van der Waals surface area contributed by atoms with Crippen LogP contribution in [0.4, 0.5) is 0 Å². The van der Waals surface area contributed by atoms with Gasteiger partial charge in [0.25, 0.3) is 0 Å². The first-order valence-electron chi connectivity index (χ1n) is 6.10. The van der Waals surface area contributed by atoms with E-state index in [0.29, 0.717) is 6.42 Å². The number of hydrogen-bond donors (Lipinski definition) is 0. The van der Waals surface area contributed by atoms with Gasteiger partial charge in [0.15, 0.2) is 0 Å². The second kappa shape index (κ2) is 4.21. The molecular weight excluding hydrogens is 233 g/mol. The number of nitrogens with zero attached hydrogens (tertiary/aromatic N) is 1. The van der Waals surface area contributed by atoms with Crippen molar-refractivity contribution in [2.75, 3.05) is 0 Å². The second-order valence-electron chi connectivity index (χ2n) is 5.75. The Hall–Kier alpha value is -1.14. The van der Waals surface area contributed by atoms with Crippen LogP contribution < -0.4 is 0 Å². The average molecular weight is 251 g/mol. The number of allylic oxidation sites excluding steroid dienone is 2. The molecule has 0 saturated carbocycles. The molecule has 1 unspecified atom stereocenters. The maximum absolute atomic E-state index is 10.8. The van der Waals surface area contributed by atoms with E-state index in [9.17, 15) is 10.1 Å². The third kappa shape index (κ3) is 2.22. The maximum atomic E-state index is 10.8. The molecule has 6 heteroatoms. The lowest BCUT2D eigenvalue weighted by Crippen LogP contribution is -2.41. The zero-order valence-electron chi connectivity index (χ0n) is 11.2. The van der Waals surface area contributed by atoms with Crippen LogP contribution in [-0.2, 0) is 9.31 Å². The molecule has 98 valence electrons. The smallest absolute Gasteiger partial charge is 0.399 e. The Morgan fingerprint density at radius 2 is 1.89 bits per heavy atom. The summed E-state index contributed by atoms with van der Waals surface area (Å²) in [4.78, 5) is 10.5. The molecule has 1 atom stereocenters. The third-order valence-electron chi connectivity index (χ3n) is 3.87. The van der Waals surface area contributed by atoms with Crippen molar-refractivity contribution in [2.24, 2.45) is 0 Å². The van der Waals surface area contributed by atoms with Crippen LogP contribution >= 0.6 is 0 Å². The number of nitro groups is 1. The molecule has 0 spiro atoms. The van der Waals surface area contributed by atoms with Crippen molar-refractivity contribution in [3.63, 3.8) is 0 Å². The van der Waals surface area contributed by atoms with Gasteiger partial charge in [0.1, 0.15) is 0 Å². The number of hydrogen-bond acceptors (Lipinski definition) is 4. The van der Waals surface area contributed by atoms with Gasteiger partial charge in [-0.15, -0.1) is 0 Å². The standard InChI is InChI=1S/C12H18BNO4/c1-11(2)12(3,4)18-13(17-11)9-6-5-7-10(8-9)14(15)16/h5-6,8,10H,7H2,1-4H3. The highest BCUT2D eigenvalue weighted by Crippen LogP contribution is 2.39. The van der Waals surface area contributed by atoms with Crippen molar-refractivity contribution in [3.05, 3.63) is 33.8 Å². The maximum Gasteiger partial charge on any atom is 0.494 e. The monoisotopic (exact) mass is 251 g/mol. The van der Waals surface area contributed by atoms with Crippen molar-refractivity contribution in [1.82, 2.24) is 0 Å². The number of rotatable bonds is 2. The summed E-state index contributed by atoms with van der Waals surface area (Å²) < 4.78 is 11.7. The second-order valence-corrected chi connectivity index (χ2v) is 5.75. The van der Waals surface area contributed by atoms with Crippen LogP contribution in [0.5, 0.6) is 0 Å². The lowest BCUT2D eigenvalue weighted by atomic mass is 9.75. The van der Waals surface area contributed by atoms with Gasteiger partial charge < -0.3 is 9.31 Å². The fourth-order valence-corrected chi connectivity index (χ4v) is 1.97. The van der Waals surface area contributed by atoms with Gasteiger partial charge in [-0.25, -0.2) is 0 Å². The summed E-state index contributed by atoms with van der Waals surface area (Å²) in [5, 5.41) is 10.8. The van der Waals surface area contributed by atoms with Crippen LogP contribution in [0.3, 0.4) is 0 Å². The molecule has 1 fully saturated rings. The Bertz CT molecular complexity index is 412. The van der Waals surface area contributed by atoms with Gasteiger partial charge in [-0.3, -0.25) is 10.1 Å². The quantitative estimate of drug-likeness (QED) is 0.428. The van der Waals surface area contributed by atoms with E-state index in [1.807, 2.05) is 33.8 Å². The van der Waals surface area contributed by atoms with E-state index in [1.54, 1.807) is 12.2 Å². The predicted molar refractivity (Wildman–Crippen MR) is 68.7 cm³/mol. The van der Waals surface area contributed by atoms with Crippen LogP contribution in [0, 0.1) is 10.1 Å². The summed E-state index contributed by atoms with van der Waals surface area (Å²) >= 11 is 0. The van der Waals surface area contributed by atoms with Gasteiger partial charge in [0.05, 0.1) is 11.2 Å². The first-order valence-corrected chi connectivity index (χ1v) is 6.10. The Morgan fingerprint density at radius 3 is 2.39 bits per heavy atom.